The largest absolute Gasteiger partial charge is 0.452 e. The molecule has 10 heteroatoms. The molecule has 2 aromatic heterocycles. The Morgan fingerprint density at radius 1 is 1.17 bits per heavy atom. The van der Waals surface area contributed by atoms with E-state index in [4.69, 9.17) is 16.3 Å². The van der Waals surface area contributed by atoms with Crippen molar-refractivity contribution in [2.45, 2.75) is 13.0 Å². The summed E-state index contributed by atoms with van der Waals surface area (Å²) in [5.41, 5.74) is 1.04. The molecular formula is C20H19ClN4O4S. The molecule has 156 valence electrons. The summed E-state index contributed by atoms with van der Waals surface area (Å²) in [6.07, 6.45) is 3.52. The number of benzene rings is 1. The predicted octanol–water partition coefficient (Wildman–Crippen LogP) is 2.87. The number of aromatic nitrogens is 2. The van der Waals surface area contributed by atoms with Gasteiger partial charge in [0, 0.05) is 22.6 Å². The summed E-state index contributed by atoms with van der Waals surface area (Å²) >= 11 is 7.71. The number of thiophene rings is 1. The molecule has 2 heterocycles. The Morgan fingerprint density at radius 2 is 2.00 bits per heavy atom. The lowest BCUT2D eigenvalue weighted by atomic mass is 10.2. The molecule has 0 radical (unpaired) electrons. The molecule has 2 N–H and O–H groups in total. The van der Waals surface area contributed by atoms with Crippen LogP contribution in [0.25, 0.3) is 0 Å². The Balaban J connectivity index is 1.39. The zero-order valence-corrected chi connectivity index (χ0v) is 17.4. The van der Waals surface area contributed by atoms with E-state index in [0.29, 0.717) is 24.5 Å². The van der Waals surface area contributed by atoms with Gasteiger partial charge in [0.05, 0.1) is 18.3 Å². The maximum absolute atomic E-state index is 12.1. The van der Waals surface area contributed by atoms with E-state index in [1.54, 1.807) is 22.1 Å². The predicted molar refractivity (Wildman–Crippen MR) is 113 cm³/mol. The normalized spacial score (nSPS) is 10.4. The van der Waals surface area contributed by atoms with Crippen LogP contribution in [0.3, 0.4) is 0 Å². The van der Waals surface area contributed by atoms with E-state index in [2.05, 4.69) is 15.7 Å². The molecule has 0 aliphatic rings. The number of hydrogen-bond acceptors (Lipinski definition) is 6. The van der Waals surface area contributed by atoms with E-state index < -0.39 is 24.5 Å². The fraction of sp³-hybridized carbons (Fsp3) is 0.200. The minimum Gasteiger partial charge on any atom is -0.452 e. The Kier molecular flexibility index (Phi) is 7.58. The van der Waals surface area contributed by atoms with E-state index in [1.807, 2.05) is 35.7 Å². The number of rotatable bonds is 8. The van der Waals surface area contributed by atoms with Gasteiger partial charge in [-0.2, -0.15) is 5.10 Å². The Morgan fingerprint density at radius 3 is 2.77 bits per heavy atom. The van der Waals surface area contributed by atoms with Crippen LogP contribution in [0.2, 0.25) is 5.02 Å². The number of halogens is 1. The number of nitrogens with zero attached hydrogens (tertiary/aromatic N) is 2. The summed E-state index contributed by atoms with van der Waals surface area (Å²) in [5, 5.41) is 11.3. The molecule has 0 aliphatic heterocycles. The highest BCUT2D eigenvalue weighted by molar-refractivity contribution is 7.09. The van der Waals surface area contributed by atoms with Crippen molar-refractivity contribution in [3.05, 3.63) is 75.2 Å². The standard InChI is InChI=1S/C20H19ClN4O4S/c21-17-6-2-1-4-14(17)11-25-12-15(10-23-25)19(27)29-13-18(26)24-20(28)22-8-7-16-5-3-9-30-16/h1-6,9-10,12H,7-8,11,13H2,(H2,22,24,26,28). The topological polar surface area (TPSA) is 102 Å². The Hall–Kier alpha value is -3.17. The van der Waals surface area contributed by atoms with Gasteiger partial charge in [-0.3, -0.25) is 14.8 Å². The average Bonchev–Trinajstić information content (AvgIpc) is 3.40. The monoisotopic (exact) mass is 446 g/mol. The summed E-state index contributed by atoms with van der Waals surface area (Å²) in [6, 6.07) is 10.6. The van der Waals surface area contributed by atoms with Gasteiger partial charge < -0.3 is 10.1 Å². The van der Waals surface area contributed by atoms with E-state index >= 15 is 0 Å². The van der Waals surface area contributed by atoms with Crippen molar-refractivity contribution in [2.24, 2.45) is 0 Å². The van der Waals surface area contributed by atoms with Crippen molar-refractivity contribution in [1.82, 2.24) is 20.4 Å². The van der Waals surface area contributed by atoms with Crippen LogP contribution >= 0.6 is 22.9 Å². The minimum absolute atomic E-state index is 0.190. The second-order valence-corrected chi connectivity index (χ2v) is 7.67. The van der Waals surface area contributed by atoms with Gasteiger partial charge in [0.2, 0.25) is 0 Å². The molecule has 0 aliphatic carbocycles. The van der Waals surface area contributed by atoms with Crippen LogP contribution in [0.5, 0.6) is 0 Å². The third kappa shape index (κ3) is 6.43. The van der Waals surface area contributed by atoms with E-state index in [-0.39, 0.29) is 5.56 Å². The first-order chi connectivity index (χ1) is 14.5. The third-order valence-corrected chi connectivity index (χ3v) is 5.29. The van der Waals surface area contributed by atoms with Crippen molar-refractivity contribution >= 4 is 40.8 Å². The van der Waals surface area contributed by atoms with Crippen LogP contribution in [0, 0.1) is 0 Å². The van der Waals surface area contributed by atoms with Gasteiger partial charge in [-0.05, 0) is 29.5 Å². The quantitative estimate of drug-likeness (QED) is 0.518. The van der Waals surface area contributed by atoms with Gasteiger partial charge in [-0.25, -0.2) is 9.59 Å². The number of hydrogen-bond donors (Lipinski definition) is 2. The number of amides is 3. The second-order valence-electron chi connectivity index (χ2n) is 6.23. The molecule has 3 aromatic rings. The van der Waals surface area contributed by atoms with Crippen molar-refractivity contribution in [2.75, 3.05) is 13.2 Å². The van der Waals surface area contributed by atoms with Gasteiger partial charge in [0.25, 0.3) is 5.91 Å². The molecule has 3 amide bonds. The summed E-state index contributed by atoms with van der Waals surface area (Å²) in [6.45, 7) is 0.204. The SMILES string of the molecule is O=C(COC(=O)c1cnn(Cc2ccccc2Cl)c1)NC(=O)NCCc1cccs1. The molecule has 0 fully saturated rings. The number of urea groups is 1. The van der Waals surface area contributed by atoms with E-state index in [1.165, 1.54) is 12.4 Å². The Labute approximate surface area is 181 Å². The lowest BCUT2D eigenvalue weighted by molar-refractivity contribution is -0.123. The van der Waals surface area contributed by atoms with Crippen LogP contribution < -0.4 is 10.6 Å². The maximum atomic E-state index is 12.1. The van der Waals surface area contributed by atoms with Crippen LogP contribution in [-0.2, 0) is 22.5 Å². The zero-order valence-electron chi connectivity index (χ0n) is 15.8. The number of imide groups is 1. The number of esters is 1. The molecular weight excluding hydrogens is 428 g/mol. The van der Waals surface area contributed by atoms with Crippen LogP contribution in [-0.4, -0.2) is 40.8 Å². The second kappa shape index (κ2) is 10.6. The fourth-order valence-corrected chi connectivity index (χ4v) is 3.44. The summed E-state index contributed by atoms with van der Waals surface area (Å²) in [5.74, 6) is -1.44. The van der Waals surface area contributed by atoms with Crippen molar-refractivity contribution in [3.8, 4) is 0 Å². The lowest BCUT2D eigenvalue weighted by Crippen LogP contribution is -2.42. The highest BCUT2D eigenvalue weighted by atomic mass is 35.5. The third-order valence-electron chi connectivity index (χ3n) is 3.98. The molecule has 0 unspecified atom stereocenters. The summed E-state index contributed by atoms with van der Waals surface area (Å²) in [4.78, 5) is 36.7. The smallest absolute Gasteiger partial charge is 0.341 e. The molecule has 0 saturated carbocycles. The van der Waals surface area contributed by atoms with E-state index in [0.717, 1.165) is 10.4 Å². The van der Waals surface area contributed by atoms with E-state index in [9.17, 15) is 14.4 Å². The molecule has 0 bridgehead atoms. The minimum atomic E-state index is -0.722. The van der Waals surface area contributed by atoms with Crippen molar-refractivity contribution in [3.63, 3.8) is 0 Å². The molecule has 3 rings (SSSR count). The lowest BCUT2D eigenvalue weighted by Gasteiger charge is -2.06. The van der Waals surface area contributed by atoms with Crippen molar-refractivity contribution in [1.29, 1.82) is 0 Å². The van der Waals surface area contributed by atoms with Gasteiger partial charge in [-0.1, -0.05) is 35.9 Å². The molecule has 0 atom stereocenters. The zero-order chi connectivity index (χ0) is 21.3. The molecule has 8 nitrogen and oxygen atoms in total. The Bertz CT molecular complexity index is 1020. The summed E-state index contributed by atoms with van der Waals surface area (Å²) < 4.78 is 6.47. The van der Waals surface area contributed by atoms with Gasteiger partial charge in [-0.15, -0.1) is 11.3 Å². The van der Waals surface area contributed by atoms with Crippen molar-refractivity contribution < 1.29 is 19.1 Å². The highest BCUT2D eigenvalue weighted by Crippen LogP contribution is 2.16. The average molecular weight is 447 g/mol. The molecule has 1 aromatic carbocycles. The molecule has 0 spiro atoms. The summed E-state index contributed by atoms with van der Waals surface area (Å²) in [7, 11) is 0. The van der Waals surface area contributed by atoms with Gasteiger partial charge >= 0.3 is 12.0 Å². The van der Waals surface area contributed by atoms with Gasteiger partial charge in [0.15, 0.2) is 6.61 Å². The molecule has 30 heavy (non-hydrogen) atoms. The first-order valence-corrected chi connectivity index (χ1v) is 10.3. The number of carbonyl (C=O) groups is 3. The van der Waals surface area contributed by atoms with Crippen LogP contribution in [0.4, 0.5) is 4.79 Å². The first kappa shape index (κ1) is 21.5. The fourth-order valence-electron chi connectivity index (χ4n) is 2.53. The number of nitrogens with one attached hydrogen (secondary N) is 2. The highest BCUT2D eigenvalue weighted by Gasteiger charge is 2.14. The number of ether oxygens (including phenoxy) is 1. The van der Waals surface area contributed by atoms with Crippen LogP contribution in [0.15, 0.2) is 54.2 Å². The molecule has 0 saturated heterocycles. The maximum Gasteiger partial charge on any atom is 0.341 e. The van der Waals surface area contributed by atoms with Crippen LogP contribution in [0.1, 0.15) is 20.8 Å². The first-order valence-electron chi connectivity index (χ1n) is 9.04. The number of carbonyl (C=O) groups excluding carboxylic acids is 3. The van der Waals surface area contributed by atoms with Gasteiger partial charge in [0.1, 0.15) is 0 Å².